The summed E-state index contributed by atoms with van der Waals surface area (Å²) in [6.45, 7) is 18.3. The van der Waals surface area contributed by atoms with Crippen molar-refractivity contribution in [3.8, 4) is 0 Å². The van der Waals surface area contributed by atoms with Crippen molar-refractivity contribution in [1.29, 1.82) is 0 Å². The first kappa shape index (κ1) is 34.8. The molecule has 14 unspecified atom stereocenters. The van der Waals surface area contributed by atoms with Crippen LogP contribution in [0.15, 0.2) is 35.5 Å². The highest BCUT2D eigenvalue weighted by atomic mass is 32.3. The third kappa shape index (κ3) is 5.32. The highest BCUT2D eigenvalue weighted by Gasteiger charge is 2.61. The largest absolute Gasteiger partial charge is 0.400 e. The van der Waals surface area contributed by atoms with E-state index in [1.54, 1.807) is 6.92 Å². The van der Waals surface area contributed by atoms with E-state index >= 15 is 0 Å². The molecule has 8 aliphatic carbocycles. The summed E-state index contributed by atoms with van der Waals surface area (Å²) in [7, 11) is -4.11. The van der Waals surface area contributed by atoms with Gasteiger partial charge in [-0.1, -0.05) is 63.1 Å². The molecule has 0 N–H and O–H groups in total. The Balaban J connectivity index is 0.902. The molecule has 0 radical (unpaired) electrons. The molecule has 0 aliphatic heterocycles. The quantitative estimate of drug-likeness (QED) is 0.259. The van der Waals surface area contributed by atoms with Crippen molar-refractivity contribution in [3.63, 3.8) is 0 Å². The number of allylic oxidation sites excluding steroid dienone is 3. The van der Waals surface area contributed by atoms with Crippen molar-refractivity contribution in [2.24, 2.45) is 69.0 Å². The van der Waals surface area contributed by atoms with Crippen molar-refractivity contribution in [2.75, 3.05) is 0 Å². The second kappa shape index (κ2) is 11.9. The van der Waals surface area contributed by atoms with Crippen molar-refractivity contribution >= 4 is 16.2 Å². The highest BCUT2D eigenvalue weighted by molar-refractivity contribution is 7.81. The lowest BCUT2D eigenvalue weighted by atomic mass is 9.47. The Morgan fingerprint density at radius 3 is 1.55 bits per heavy atom. The van der Waals surface area contributed by atoms with Gasteiger partial charge in [-0.2, -0.15) is 8.42 Å². The van der Waals surface area contributed by atoms with Gasteiger partial charge in [-0.15, -0.1) is 0 Å². The van der Waals surface area contributed by atoms with Gasteiger partial charge >= 0.3 is 10.4 Å². The van der Waals surface area contributed by atoms with Gasteiger partial charge in [-0.3, -0.25) is 4.79 Å². The predicted molar refractivity (Wildman–Crippen MR) is 195 cm³/mol. The third-order valence-corrected chi connectivity index (χ3v) is 18.7. The van der Waals surface area contributed by atoms with Gasteiger partial charge in [0.1, 0.15) is 5.78 Å². The van der Waals surface area contributed by atoms with Gasteiger partial charge in [0.25, 0.3) is 0 Å². The second-order valence-electron chi connectivity index (χ2n) is 19.7. The average Bonchev–Trinajstić information content (AvgIpc) is 3.58. The van der Waals surface area contributed by atoms with Crippen molar-refractivity contribution in [1.82, 2.24) is 0 Å². The maximum Gasteiger partial charge on any atom is 0.400 e. The van der Waals surface area contributed by atoms with E-state index in [1.165, 1.54) is 55.2 Å². The SMILES string of the molecule is C=C(C)C1CCC2C3CC=C4CC(OS(=O)(=O)OC5CCC6(C)C(=CCC7C6CCC6(C)C(C(C)=O)CCC76)C5)CCC4(C)C3CCC12C. The molecule has 8 rings (SSSR count). The molecule has 6 heteroatoms. The Hall–Kier alpha value is -1.24. The lowest BCUT2D eigenvalue weighted by Crippen LogP contribution is -2.51. The second-order valence-corrected chi connectivity index (χ2v) is 20.9. The van der Waals surface area contributed by atoms with Gasteiger partial charge in [0.15, 0.2) is 0 Å². The molecule has 0 heterocycles. The van der Waals surface area contributed by atoms with E-state index in [9.17, 15) is 13.2 Å². The van der Waals surface area contributed by atoms with Crippen LogP contribution in [0, 0.1) is 69.0 Å². The molecule has 6 fully saturated rings. The fraction of sp³-hybridized carbons (Fsp3) is 0.837. The van der Waals surface area contributed by atoms with Crippen LogP contribution in [-0.4, -0.2) is 26.4 Å². The van der Waals surface area contributed by atoms with E-state index in [-0.39, 0.29) is 34.4 Å². The summed E-state index contributed by atoms with van der Waals surface area (Å²) in [5, 5.41) is 0. The molecule has 272 valence electrons. The van der Waals surface area contributed by atoms with Gasteiger partial charge in [-0.05, 0) is 180 Å². The molecule has 0 aromatic rings. The van der Waals surface area contributed by atoms with Crippen LogP contribution in [0.3, 0.4) is 0 Å². The van der Waals surface area contributed by atoms with E-state index in [4.69, 9.17) is 8.37 Å². The van der Waals surface area contributed by atoms with Gasteiger partial charge in [0.05, 0.1) is 12.2 Å². The standard InChI is InChI=1S/C43H64O5S/c1-26(2)34-12-14-36-32-10-8-28-24-30(16-20-40(28,4)38(32)18-22-42(34,36)6)47-49(45,46)48-31-17-21-41(5)29(25-31)9-11-33-37-15-13-35(27(3)44)43(37,7)23-19-39(33)41/h8-9,30-39H,1,10-25H2,2-7H3. The fourth-order valence-corrected chi connectivity index (χ4v) is 16.3. The molecule has 6 saturated carbocycles. The number of Topliss-reactive ketones (excluding diaryl/α,β-unsaturated/α-hetero) is 1. The molecule has 0 spiro atoms. The predicted octanol–water partition coefficient (Wildman–Crippen LogP) is 10.3. The molecule has 0 saturated heterocycles. The maximum atomic E-state index is 13.5. The van der Waals surface area contributed by atoms with Crippen LogP contribution in [0.4, 0.5) is 0 Å². The van der Waals surface area contributed by atoms with Crippen LogP contribution < -0.4 is 0 Å². The van der Waals surface area contributed by atoms with E-state index in [0.717, 1.165) is 63.2 Å². The number of fused-ring (bicyclic) bond motifs is 10. The van der Waals surface area contributed by atoms with Crippen LogP contribution in [-0.2, 0) is 23.6 Å². The summed E-state index contributed by atoms with van der Waals surface area (Å²) < 4.78 is 38.8. The van der Waals surface area contributed by atoms with Crippen LogP contribution >= 0.6 is 0 Å². The zero-order valence-electron chi connectivity index (χ0n) is 31.4. The van der Waals surface area contributed by atoms with Crippen LogP contribution in [0.25, 0.3) is 0 Å². The van der Waals surface area contributed by atoms with Crippen LogP contribution in [0.2, 0.25) is 0 Å². The fourth-order valence-electron chi connectivity index (χ4n) is 15.3. The Bertz CT molecular complexity index is 1450. The van der Waals surface area contributed by atoms with Gasteiger partial charge in [-0.25, -0.2) is 8.37 Å². The summed E-state index contributed by atoms with van der Waals surface area (Å²) in [5.41, 5.74) is 5.00. The molecule has 0 bridgehead atoms. The molecule has 14 atom stereocenters. The average molecular weight is 693 g/mol. The Kier molecular flexibility index (Phi) is 8.45. The van der Waals surface area contributed by atoms with Crippen LogP contribution in [0.5, 0.6) is 0 Å². The molecular formula is C43H64O5S. The first-order valence-electron chi connectivity index (χ1n) is 20.3. The number of carbonyl (C=O) groups is 1. The molecule has 0 aromatic carbocycles. The monoisotopic (exact) mass is 692 g/mol. The van der Waals surface area contributed by atoms with Gasteiger partial charge in [0.2, 0.25) is 0 Å². The summed E-state index contributed by atoms with van der Waals surface area (Å²) >= 11 is 0. The molecule has 8 aliphatic rings. The molecular weight excluding hydrogens is 629 g/mol. The Morgan fingerprint density at radius 1 is 0.653 bits per heavy atom. The molecule has 49 heavy (non-hydrogen) atoms. The summed E-state index contributed by atoms with van der Waals surface area (Å²) in [6, 6.07) is 0. The van der Waals surface area contributed by atoms with E-state index in [0.29, 0.717) is 53.6 Å². The maximum absolute atomic E-state index is 13.5. The van der Waals surface area contributed by atoms with E-state index in [2.05, 4.69) is 53.3 Å². The Labute approximate surface area is 297 Å². The number of hydrogen-bond donors (Lipinski definition) is 0. The van der Waals surface area contributed by atoms with E-state index in [1.807, 2.05) is 0 Å². The number of ketones is 1. The zero-order chi connectivity index (χ0) is 34.7. The summed E-state index contributed by atoms with van der Waals surface area (Å²) in [6.07, 6.45) is 21.1. The third-order valence-electron chi connectivity index (χ3n) is 17.7. The number of carbonyl (C=O) groups excluding carboxylic acids is 1. The summed E-state index contributed by atoms with van der Waals surface area (Å²) in [4.78, 5) is 12.5. The summed E-state index contributed by atoms with van der Waals surface area (Å²) in [5.74, 6) is 5.32. The molecule has 0 aromatic heterocycles. The first-order valence-corrected chi connectivity index (χ1v) is 21.6. The minimum absolute atomic E-state index is 0.0999. The molecule has 0 amide bonds. The van der Waals surface area contributed by atoms with Crippen molar-refractivity contribution in [3.05, 3.63) is 35.5 Å². The van der Waals surface area contributed by atoms with Crippen molar-refractivity contribution < 1.29 is 21.6 Å². The Morgan fingerprint density at radius 2 is 1.10 bits per heavy atom. The molecule has 5 nitrogen and oxygen atoms in total. The van der Waals surface area contributed by atoms with Crippen molar-refractivity contribution in [2.45, 2.75) is 156 Å². The van der Waals surface area contributed by atoms with E-state index < -0.39 is 10.4 Å². The normalized spacial score (nSPS) is 50.4. The highest BCUT2D eigenvalue weighted by Crippen LogP contribution is 2.68. The minimum atomic E-state index is -4.11. The lowest BCUT2D eigenvalue weighted by molar-refractivity contribution is -0.127. The number of hydrogen-bond acceptors (Lipinski definition) is 5. The topological polar surface area (TPSA) is 69.7 Å². The minimum Gasteiger partial charge on any atom is -0.300 e. The van der Waals surface area contributed by atoms with Gasteiger partial charge < -0.3 is 0 Å². The zero-order valence-corrected chi connectivity index (χ0v) is 32.2. The number of rotatable bonds is 6. The van der Waals surface area contributed by atoms with Crippen LogP contribution in [0.1, 0.15) is 144 Å². The lowest BCUT2D eigenvalue weighted by Gasteiger charge is -2.58. The smallest absolute Gasteiger partial charge is 0.300 e. The first-order chi connectivity index (χ1) is 23.1. The van der Waals surface area contributed by atoms with Gasteiger partial charge in [0, 0.05) is 5.92 Å².